The zero-order chi connectivity index (χ0) is 74.9. The van der Waals surface area contributed by atoms with Crippen molar-refractivity contribution in [3.05, 3.63) is 34.3 Å². The Morgan fingerprint density at radius 1 is 0.621 bits per heavy atom. The molecular weight excluding hydrogens is 1360 g/mol. The van der Waals surface area contributed by atoms with Crippen molar-refractivity contribution in [2.45, 2.75) is 247 Å². The zero-order valence-electron chi connectivity index (χ0n) is 61.7. The molecule has 572 valence electrons. The molecule has 8 aliphatic rings. The number of nitrogens with one attached hydrogen (secondary N) is 3. The number of benzene rings is 1. The van der Waals surface area contributed by atoms with Gasteiger partial charge in [-0.15, -0.1) is 0 Å². The van der Waals surface area contributed by atoms with E-state index < -0.39 is 173 Å². The summed E-state index contributed by atoms with van der Waals surface area (Å²) in [4.78, 5) is 193. The number of aryl methyl sites for hydroxylation is 1. The third-order valence-corrected chi connectivity index (χ3v) is 24.3. The van der Waals surface area contributed by atoms with Crippen molar-refractivity contribution in [1.82, 2.24) is 60.0 Å². The van der Waals surface area contributed by atoms with Gasteiger partial charge in [-0.05, 0) is 125 Å². The van der Waals surface area contributed by atoms with Gasteiger partial charge in [-0.3, -0.25) is 57.5 Å². The number of alkyl halides is 3. The lowest BCUT2D eigenvalue weighted by Gasteiger charge is -2.44. The molecule has 0 radical (unpaired) electrons. The van der Waals surface area contributed by atoms with Gasteiger partial charge in [-0.2, -0.15) is 13.2 Å². The van der Waals surface area contributed by atoms with Crippen LogP contribution in [0.1, 0.15) is 185 Å². The molecule has 4 aliphatic heterocycles. The van der Waals surface area contributed by atoms with E-state index in [2.05, 4.69) is 16.0 Å². The van der Waals surface area contributed by atoms with Gasteiger partial charge in [-0.25, -0.2) is 0 Å². The molecule has 9 rings (SSSR count). The molecule has 29 heteroatoms. The highest BCUT2D eigenvalue weighted by molar-refractivity contribution is 6.31. The Balaban J connectivity index is 1.08. The summed E-state index contributed by atoms with van der Waals surface area (Å²) in [5, 5.41) is 8.26. The Morgan fingerprint density at radius 3 is 1.83 bits per heavy atom. The number of ether oxygens (including phenoxy) is 1. The number of morpholine rings is 1. The van der Waals surface area contributed by atoms with E-state index in [1.54, 1.807) is 11.8 Å². The largest absolute Gasteiger partial charge is 0.417 e. The van der Waals surface area contributed by atoms with Gasteiger partial charge in [0.05, 0.1) is 61.9 Å². The second-order valence-electron chi connectivity index (χ2n) is 30.9. The highest BCUT2D eigenvalue weighted by Crippen LogP contribution is 2.40. The Labute approximate surface area is 609 Å². The van der Waals surface area contributed by atoms with Crippen molar-refractivity contribution in [2.75, 3.05) is 88.7 Å². The predicted octanol–water partition coefficient (Wildman–Crippen LogP) is 5.55. The van der Waals surface area contributed by atoms with Gasteiger partial charge in [-0.1, -0.05) is 109 Å². The number of amides is 12. The quantitative estimate of drug-likeness (QED) is 0.259. The fourth-order valence-corrected chi connectivity index (χ4v) is 17.5. The van der Waals surface area contributed by atoms with Gasteiger partial charge in [0, 0.05) is 55.9 Å². The lowest BCUT2D eigenvalue weighted by atomic mass is 9.78. The Hall–Kier alpha value is -7.10. The third-order valence-electron chi connectivity index (χ3n) is 24.0. The van der Waals surface area contributed by atoms with Crippen LogP contribution in [-0.2, 0) is 74.9 Å². The van der Waals surface area contributed by atoms with Crippen LogP contribution in [0.15, 0.2) is 18.2 Å². The van der Waals surface area contributed by atoms with Crippen LogP contribution < -0.4 is 16.0 Å². The maximum atomic E-state index is 16.0. The number of hydrogen-bond acceptors (Lipinski definition) is 13. The maximum Gasteiger partial charge on any atom is 0.417 e. The summed E-state index contributed by atoms with van der Waals surface area (Å²) in [6.07, 6.45) is 7.87. The smallest absolute Gasteiger partial charge is 0.377 e. The van der Waals surface area contributed by atoms with Crippen LogP contribution in [0.4, 0.5) is 13.2 Å². The van der Waals surface area contributed by atoms with Gasteiger partial charge >= 0.3 is 6.18 Å². The molecule has 4 saturated carbocycles. The first-order valence-corrected chi connectivity index (χ1v) is 38.0. The minimum atomic E-state index is -4.76. The fourth-order valence-electron chi connectivity index (χ4n) is 17.2. The van der Waals surface area contributed by atoms with Gasteiger partial charge in [0.2, 0.25) is 70.9 Å². The molecule has 4 heterocycles. The van der Waals surface area contributed by atoms with Crippen LogP contribution in [0.5, 0.6) is 0 Å². The van der Waals surface area contributed by atoms with E-state index in [9.17, 15) is 37.1 Å². The van der Waals surface area contributed by atoms with Crippen molar-refractivity contribution < 1.29 is 75.4 Å². The van der Waals surface area contributed by atoms with Crippen LogP contribution in [0, 0.1) is 23.7 Å². The molecule has 103 heavy (non-hydrogen) atoms. The molecule has 2 bridgehead atoms. The SMILES string of the molecule is CC[C@H](C)[C@@H]1NC(=O)[C@H](C2CCC2)N(C)C(=O)C[C@@H](C(=O)N2C3CCC2COC3)N(C)C(=O)[C@H](C2CCCCC2)N(C)C(=O)C2(CCCC2)NC(=O)[C@@H]2CCCN2C(=O)[C@H](CCc2ccc(C(F)(F)F)c(Cl)c2)NC(=O)CN(C)C(=O)[C@H](CC2CCCCC2)N(C)C(=O)CN(C)C(=O)CN(C)C1=O. The van der Waals surface area contributed by atoms with Gasteiger partial charge in [0.25, 0.3) is 0 Å². The summed E-state index contributed by atoms with van der Waals surface area (Å²) in [5.41, 5.74) is -2.35. The Morgan fingerprint density at radius 2 is 1.22 bits per heavy atom. The average Bonchev–Trinajstić information content (AvgIpc) is 1.75. The number of likely N-dealkylation sites (N-methyl/N-ethyl adjacent to an activating group) is 7. The molecule has 12 amide bonds. The van der Waals surface area contributed by atoms with E-state index in [1.807, 2.05) is 6.92 Å². The average molecular weight is 1470 g/mol. The van der Waals surface area contributed by atoms with Gasteiger partial charge < -0.3 is 64.8 Å². The summed E-state index contributed by atoms with van der Waals surface area (Å²) in [6.45, 7) is 2.50. The van der Waals surface area contributed by atoms with E-state index in [-0.39, 0.29) is 82.2 Å². The first-order valence-electron chi connectivity index (χ1n) is 37.6. The number of halogens is 4. The van der Waals surface area contributed by atoms with E-state index in [0.29, 0.717) is 69.8 Å². The number of hydrogen-bond donors (Lipinski definition) is 3. The van der Waals surface area contributed by atoms with E-state index >= 15 is 33.6 Å². The molecule has 25 nitrogen and oxygen atoms in total. The Bertz CT molecular complexity index is 3270. The second kappa shape index (κ2) is 34.9. The molecule has 3 N–H and O–H groups in total. The molecule has 4 saturated heterocycles. The molecule has 1 spiro atoms. The maximum absolute atomic E-state index is 16.0. The second-order valence-corrected chi connectivity index (χ2v) is 31.4. The highest BCUT2D eigenvalue weighted by atomic mass is 35.5. The fraction of sp³-hybridized carbons (Fsp3) is 0.757. The predicted molar refractivity (Wildman–Crippen MR) is 376 cm³/mol. The minimum absolute atomic E-state index is 0.0195. The lowest BCUT2D eigenvalue weighted by molar-refractivity contribution is -0.160. The van der Waals surface area contributed by atoms with Crippen LogP contribution in [0.25, 0.3) is 0 Å². The zero-order valence-corrected chi connectivity index (χ0v) is 62.5. The molecule has 0 aromatic heterocycles. The summed E-state index contributed by atoms with van der Waals surface area (Å²) in [5.74, 6) is -8.79. The van der Waals surface area contributed by atoms with Crippen LogP contribution in [-0.4, -0.2) is 264 Å². The summed E-state index contributed by atoms with van der Waals surface area (Å²) < 4.78 is 47.6. The van der Waals surface area contributed by atoms with Crippen molar-refractivity contribution in [3.63, 3.8) is 0 Å². The minimum Gasteiger partial charge on any atom is -0.377 e. The summed E-state index contributed by atoms with van der Waals surface area (Å²) >= 11 is 6.17. The molecule has 2 unspecified atom stereocenters. The summed E-state index contributed by atoms with van der Waals surface area (Å²) in [6, 6.07) is -6.17. The number of rotatable bonds is 10. The molecule has 10 atom stereocenters. The number of carbonyl (C=O) groups excluding carboxylic acids is 12. The van der Waals surface area contributed by atoms with E-state index in [4.69, 9.17) is 16.3 Å². The van der Waals surface area contributed by atoms with Gasteiger partial charge in [0.1, 0.15) is 47.8 Å². The molecule has 8 fully saturated rings. The first-order chi connectivity index (χ1) is 48.8. The van der Waals surface area contributed by atoms with E-state index in [1.165, 1.54) is 84.8 Å². The van der Waals surface area contributed by atoms with Crippen LogP contribution >= 0.6 is 11.6 Å². The normalized spacial score (nSPS) is 29.2. The van der Waals surface area contributed by atoms with Crippen molar-refractivity contribution >= 4 is 82.5 Å². The van der Waals surface area contributed by atoms with Gasteiger partial charge in [0.15, 0.2) is 0 Å². The third kappa shape index (κ3) is 18.6. The standard InChI is InChI=1S/C74H110ClF3N12O13/c1-10-45(2)62-70(100)84(5)41-60(93)82(3)42-61(94)85(6)56(38-46-21-13-11-14-22-46)68(98)83(4)40-58(91)79-54(33-29-47-28-32-52(53(75)37-47)74(76,77)78)67(97)89-36-20-27-55(89)65(95)81-73(34-17-18-35-73)72(102)88(9)64(49-23-15-12-16-24-49)71(101)86(7)57(69(99)90-50-30-31-51(90)44-103-43-50)39-59(92)87(8)63(66(96)80-62)48-25-19-26-48/h28,32,37,45-46,48-51,54-57,62-64H,10-27,29-31,33-36,38-44H2,1-9H3,(H,79,91)(H,80,96)(H,81,95)/t45-,50?,51?,54-,55-,56-,57-,62-,63-,64-/m0/s1. The summed E-state index contributed by atoms with van der Waals surface area (Å²) in [7, 11) is 10.1. The van der Waals surface area contributed by atoms with Crippen molar-refractivity contribution in [2.24, 2.45) is 23.7 Å². The Kier molecular flexibility index (Phi) is 27.1. The number of carbonyl (C=O) groups is 12. The topological polar surface area (TPSA) is 279 Å². The van der Waals surface area contributed by atoms with Crippen LogP contribution in [0.2, 0.25) is 5.02 Å². The first kappa shape index (κ1) is 80.0. The molecule has 1 aromatic carbocycles. The van der Waals surface area contributed by atoms with Crippen molar-refractivity contribution in [3.8, 4) is 0 Å². The van der Waals surface area contributed by atoms with Crippen LogP contribution in [0.3, 0.4) is 0 Å². The molecule has 1 aromatic rings. The van der Waals surface area contributed by atoms with Crippen molar-refractivity contribution in [1.29, 1.82) is 0 Å². The lowest BCUT2D eigenvalue weighted by Crippen LogP contribution is -2.65. The molecular formula is C74H110ClF3N12O13. The highest BCUT2D eigenvalue weighted by Gasteiger charge is 2.53. The molecule has 4 aliphatic carbocycles. The monoisotopic (exact) mass is 1470 g/mol. The van der Waals surface area contributed by atoms with E-state index in [0.717, 1.165) is 79.7 Å². The number of nitrogens with zero attached hydrogens (tertiary/aromatic N) is 9. The number of fused-ring (bicyclic) bond motifs is 3.